The van der Waals surface area contributed by atoms with Crippen molar-refractivity contribution < 1.29 is 14.5 Å². The lowest BCUT2D eigenvalue weighted by Crippen LogP contribution is -2.48. The number of nitro groups is 1. The van der Waals surface area contributed by atoms with E-state index >= 15 is 0 Å². The molecule has 1 fully saturated rings. The summed E-state index contributed by atoms with van der Waals surface area (Å²) >= 11 is 0. The second-order valence-electron chi connectivity index (χ2n) is 4.50. The predicted molar refractivity (Wildman–Crippen MR) is 68.0 cm³/mol. The average molecular weight is 264 g/mol. The van der Waals surface area contributed by atoms with Crippen molar-refractivity contribution in [2.24, 2.45) is 0 Å². The number of nitrogens with zero attached hydrogens (tertiary/aromatic N) is 2. The zero-order chi connectivity index (χ0) is 13.7. The van der Waals surface area contributed by atoms with Gasteiger partial charge in [0.25, 0.3) is 6.17 Å². The summed E-state index contributed by atoms with van der Waals surface area (Å²) in [6.07, 6.45) is 0.397. The molecule has 1 heterocycles. The molecule has 2 rings (SSSR count). The number of carbonyl (C=O) groups excluding carboxylic acids is 1. The molecule has 1 aliphatic rings. The van der Waals surface area contributed by atoms with E-state index in [4.69, 9.17) is 4.74 Å². The zero-order valence-electron chi connectivity index (χ0n) is 10.5. The monoisotopic (exact) mass is 264 g/mol. The van der Waals surface area contributed by atoms with Gasteiger partial charge in [-0.1, -0.05) is 30.3 Å². The van der Waals surface area contributed by atoms with E-state index < -0.39 is 17.2 Å². The van der Waals surface area contributed by atoms with Crippen molar-refractivity contribution in [1.29, 1.82) is 0 Å². The molecule has 1 aromatic rings. The highest BCUT2D eigenvalue weighted by Gasteiger charge is 2.35. The molecule has 6 heteroatoms. The first-order valence-corrected chi connectivity index (χ1v) is 6.29. The molecule has 0 aromatic heterocycles. The number of hydrogen-bond donors (Lipinski definition) is 0. The molecule has 102 valence electrons. The van der Waals surface area contributed by atoms with Crippen molar-refractivity contribution in [1.82, 2.24) is 4.90 Å². The van der Waals surface area contributed by atoms with Crippen LogP contribution in [0, 0.1) is 10.1 Å². The number of likely N-dealkylation sites (tertiary alicyclic amines) is 1. The van der Waals surface area contributed by atoms with Crippen LogP contribution >= 0.6 is 0 Å². The highest BCUT2D eigenvalue weighted by Crippen LogP contribution is 2.18. The summed E-state index contributed by atoms with van der Waals surface area (Å²) in [5.74, 6) is 0. The molecule has 1 atom stereocenters. The van der Waals surface area contributed by atoms with Crippen molar-refractivity contribution in [3.05, 3.63) is 46.0 Å². The number of ether oxygens (including phenoxy) is 1. The number of amides is 1. The van der Waals surface area contributed by atoms with E-state index in [1.807, 2.05) is 30.3 Å². The molecular formula is C13H16N2O4. The van der Waals surface area contributed by atoms with Crippen molar-refractivity contribution >= 4 is 6.09 Å². The summed E-state index contributed by atoms with van der Waals surface area (Å²) in [6, 6.07) is 9.26. The Hall–Kier alpha value is -2.11. The third kappa shape index (κ3) is 3.43. The highest BCUT2D eigenvalue weighted by atomic mass is 16.6. The summed E-state index contributed by atoms with van der Waals surface area (Å²) in [4.78, 5) is 23.6. The Kier molecular flexibility index (Phi) is 4.33. The lowest BCUT2D eigenvalue weighted by atomic mass is 10.1. The number of carbonyl (C=O) groups is 1. The van der Waals surface area contributed by atoms with Gasteiger partial charge in [0.15, 0.2) is 0 Å². The van der Waals surface area contributed by atoms with Crippen LogP contribution in [0.1, 0.15) is 24.8 Å². The van der Waals surface area contributed by atoms with Gasteiger partial charge in [-0.05, 0) is 18.4 Å². The molecule has 0 spiro atoms. The van der Waals surface area contributed by atoms with Gasteiger partial charge in [0.05, 0.1) is 0 Å². The van der Waals surface area contributed by atoms with E-state index in [0.717, 1.165) is 18.4 Å². The number of hydrogen-bond acceptors (Lipinski definition) is 4. The summed E-state index contributed by atoms with van der Waals surface area (Å²) in [5.41, 5.74) is 0.866. The van der Waals surface area contributed by atoms with Crippen LogP contribution in [-0.2, 0) is 11.3 Å². The molecule has 0 aliphatic carbocycles. The van der Waals surface area contributed by atoms with E-state index in [-0.39, 0.29) is 6.61 Å². The third-order valence-corrected chi connectivity index (χ3v) is 3.15. The van der Waals surface area contributed by atoms with Crippen molar-refractivity contribution in [2.75, 3.05) is 6.54 Å². The van der Waals surface area contributed by atoms with Crippen LogP contribution in [0.2, 0.25) is 0 Å². The third-order valence-electron chi connectivity index (χ3n) is 3.15. The minimum Gasteiger partial charge on any atom is -0.444 e. The van der Waals surface area contributed by atoms with E-state index in [1.54, 1.807) is 0 Å². The van der Waals surface area contributed by atoms with E-state index in [0.29, 0.717) is 13.0 Å². The van der Waals surface area contributed by atoms with Crippen LogP contribution in [0.15, 0.2) is 30.3 Å². The Morgan fingerprint density at radius 2 is 2.11 bits per heavy atom. The van der Waals surface area contributed by atoms with Gasteiger partial charge < -0.3 is 4.74 Å². The maximum absolute atomic E-state index is 11.9. The summed E-state index contributed by atoms with van der Waals surface area (Å²) < 4.78 is 5.13. The lowest BCUT2D eigenvalue weighted by molar-refractivity contribution is -0.549. The maximum atomic E-state index is 11.9. The van der Waals surface area contributed by atoms with Gasteiger partial charge in [0, 0.05) is 17.9 Å². The lowest BCUT2D eigenvalue weighted by Gasteiger charge is -2.28. The van der Waals surface area contributed by atoms with Crippen LogP contribution in [0.5, 0.6) is 0 Å². The molecule has 0 N–H and O–H groups in total. The molecule has 0 radical (unpaired) electrons. The topological polar surface area (TPSA) is 72.7 Å². The van der Waals surface area contributed by atoms with Gasteiger partial charge in [-0.25, -0.2) is 9.69 Å². The minimum absolute atomic E-state index is 0.139. The van der Waals surface area contributed by atoms with Gasteiger partial charge in [0.2, 0.25) is 0 Å². The van der Waals surface area contributed by atoms with Crippen molar-refractivity contribution in [2.45, 2.75) is 32.0 Å². The highest BCUT2D eigenvalue weighted by molar-refractivity contribution is 5.68. The van der Waals surface area contributed by atoms with Crippen LogP contribution in [-0.4, -0.2) is 28.6 Å². The number of benzene rings is 1. The zero-order valence-corrected chi connectivity index (χ0v) is 10.5. The summed E-state index contributed by atoms with van der Waals surface area (Å²) in [7, 11) is 0. The SMILES string of the molecule is O=C(OCc1ccccc1)N1CCCCC1[N+](=O)[O-]. The van der Waals surface area contributed by atoms with Gasteiger partial charge in [-0.3, -0.25) is 10.1 Å². The molecule has 0 bridgehead atoms. The molecule has 6 nitrogen and oxygen atoms in total. The fraction of sp³-hybridized carbons (Fsp3) is 0.462. The van der Waals surface area contributed by atoms with Crippen LogP contribution < -0.4 is 0 Å². The van der Waals surface area contributed by atoms with Gasteiger partial charge in [-0.15, -0.1) is 0 Å². The molecule has 1 aliphatic heterocycles. The quantitative estimate of drug-likeness (QED) is 0.620. The molecule has 1 unspecified atom stereocenters. The van der Waals surface area contributed by atoms with Gasteiger partial charge >= 0.3 is 6.09 Å². The first-order chi connectivity index (χ1) is 9.18. The van der Waals surface area contributed by atoms with Gasteiger partial charge in [-0.2, -0.15) is 0 Å². The number of rotatable bonds is 3. The number of piperidine rings is 1. The van der Waals surface area contributed by atoms with Crippen molar-refractivity contribution in [3.63, 3.8) is 0 Å². The Balaban J connectivity index is 1.93. The van der Waals surface area contributed by atoms with Crippen LogP contribution in [0.3, 0.4) is 0 Å². The molecule has 19 heavy (non-hydrogen) atoms. The van der Waals surface area contributed by atoms with E-state index in [2.05, 4.69) is 0 Å². The Morgan fingerprint density at radius 3 is 2.79 bits per heavy atom. The minimum atomic E-state index is -0.947. The summed E-state index contributed by atoms with van der Waals surface area (Å²) in [5, 5.41) is 10.9. The largest absolute Gasteiger partial charge is 0.444 e. The Bertz CT molecular complexity index is 449. The Morgan fingerprint density at radius 1 is 1.37 bits per heavy atom. The molecular weight excluding hydrogens is 248 g/mol. The first kappa shape index (κ1) is 13.3. The second-order valence-corrected chi connectivity index (χ2v) is 4.50. The van der Waals surface area contributed by atoms with Crippen LogP contribution in [0.4, 0.5) is 4.79 Å². The fourth-order valence-electron chi connectivity index (χ4n) is 2.15. The molecule has 1 saturated heterocycles. The summed E-state index contributed by atoms with van der Waals surface area (Å²) in [6.45, 7) is 0.528. The Labute approximate surface area is 111 Å². The van der Waals surface area contributed by atoms with E-state index in [1.165, 1.54) is 4.90 Å². The van der Waals surface area contributed by atoms with Crippen molar-refractivity contribution in [3.8, 4) is 0 Å². The fourth-order valence-corrected chi connectivity index (χ4v) is 2.15. The first-order valence-electron chi connectivity index (χ1n) is 6.29. The van der Waals surface area contributed by atoms with E-state index in [9.17, 15) is 14.9 Å². The predicted octanol–water partition coefficient (Wildman–Crippen LogP) is 2.41. The smallest absolute Gasteiger partial charge is 0.415 e. The van der Waals surface area contributed by atoms with Crippen LogP contribution in [0.25, 0.3) is 0 Å². The normalized spacial score (nSPS) is 18.9. The molecule has 1 aromatic carbocycles. The second kappa shape index (κ2) is 6.17. The molecule has 0 saturated carbocycles. The average Bonchev–Trinajstić information content (AvgIpc) is 2.46. The van der Waals surface area contributed by atoms with Gasteiger partial charge in [0.1, 0.15) is 6.61 Å². The standard InChI is InChI=1S/C13H16N2O4/c16-13(19-10-11-6-2-1-3-7-11)14-9-5-4-8-12(14)15(17)18/h1-3,6-7,12H,4-5,8-10H2. The maximum Gasteiger partial charge on any atom is 0.415 e. The molecule has 1 amide bonds.